The first-order valence-electron chi connectivity index (χ1n) is 10.3. The second-order valence-corrected chi connectivity index (χ2v) is 8.05. The fourth-order valence-corrected chi connectivity index (χ4v) is 4.09. The highest BCUT2D eigenvalue weighted by Gasteiger charge is 2.14. The van der Waals surface area contributed by atoms with Gasteiger partial charge in [0.25, 0.3) is 5.91 Å². The molecular formula is C25H23N5O2S. The normalized spacial score (nSPS) is 10.6. The minimum Gasteiger partial charge on any atom is -0.497 e. The van der Waals surface area contributed by atoms with Gasteiger partial charge in [-0.3, -0.25) is 14.3 Å². The van der Waals surface area contributed by atoms with Crippen molar-refractivity contribution in [1.82, 2.24) is 19.7 Å². The minimum absolute atomic E-state index is 0.160. The van der Waals surface area contributed by atoms with Gasteiger partial charge in [0.2, 0.25) is 0 Å². The van der Waals surface area contributed by atoms with E-state index in [1.807, 2.05) is 47.0 Å². The number of amides is 1. The molecule has 1 N–H and O–H groups in total. The van der Waals surface area contributed by atoms with E-state index in [0.717, 1.165) is 27.9 Å². The number of rotatable bonds is 9. The number of benzene rings is 2. The molecule has 4 rings (SSSR count). The summed E-state index contributed by atoms with van der Waals surface area (Å²) >= 11 is 1.59. The van der Waals surface area contributed by atoms with Gasteiger partial charge in [0, 0.05) is 41.5 Å². The van der Waals surface area contributed by atoms with Crippen molar-refractivity contribution in [3.05, 3.63) is 96.8 Å². The van der Waals surface area contributed by atoms with Gasteiger partial charge in [-0.2, -0.15) is 0 Å². The Labute approximate surface area is 196 Å². The van der Waals surface area contributed by atoms with Gasteiger partial charge < -0.3 is 10.1 Å². The van der Waals surface area contributed by atoms with Crippen LogP contribution in [0.3, 0.4) is 0 Å². The average molecular weight is 458 g/mol. The van der Waals surface area contributed by atoms with E-state index in [0.29, 0.717) is 23.5 Å². The summed E-state index contributed by atoms with van der Waals surface area (Å²) in [6, 6.07) is 18.6. The van der Waals surface area contributed by atoms with E-state index in [1.165, 1.54) is 0 Å². The predicted octanol–water partition coefficient (Wildman–Crippen LogP) is 5.08. The van der Waals surface area contributed by atoms with E-state index >= 15 is 0 Å². The first-order valence-corrected chi connectivity index (χ1v) is 11.3. The lowest BCUT2D eigenvalue weighted by atomic mass is 10.1. The van der Waals surface area contributed by atoms with E-state index in [1.54, 1.807) is 55.5 Å². The van der Waals surface area contributed by atoms with Crippen molar-refractivity contribution in [2.45, 2.75) is 17.5 Å². The van der Waals surface area contributed by atoms with Crippen LogP contribution in [0.4, 0.5) is 5.69 Å². The van der Waals surface area contributed by atoms with Gasteiger partial charge in [-0.1, -0.05) is 30.0 Å². The SMILES string of the molecule is C=CCn1c(SCc2ccc(C(=O)Nc3ccc(OC)cc3)cc2)nnc1-c1ccncc1. The lowest BCUT2D eigenvalue weighted by Gasteiger charge is -2.09. The summed E-state index contributed by atoms with van der Waals surface area (Å²) < 4.78 is 7.17. The van der Waals surface area contributed by atoms with Crippen molar-refractivity contribution in [2.75, 3.05) is 12.4 Å². The molecule has 0 bridgehead atoms. The molecule has 33 heavy (non-hydrogen) atoms. The number of anilines is 1. The smallest absolute Gasteiger partial charge is 0.255 e. The number of methoxy groups -OCH3 is 1. The summed E-state index contributed by atoms with van der Waals surface area (Å²) in [7, 11) is 1.61. The van der Waals surface area contributed by atoms with E-state index < -0.39 is 0 Å². The molecule has 0 fully saturated rings. The Morgan fingerprint density at radius 1 is 1.06 bits per heavy atom. The van der Waals surface area contributed by atoms with Crippen LogP contribution in [0, 0.1) is 0 Å². The Kier molecular flexibility index (Phi) is 7.16. The molecule has 4 aromatic rings. The first-order chi connectivity index (χ1) is 16.2. The van der Waals surface area contributed by atoms with Gasteiger partial charge in [-0.05, 0) is 54.1 Å². The van der Waals surface area contributed by atoms with E-state index in [9.17, 15) is 4.79 Å². The number of aromatic nitrogens is 4. The number of hydrogen-bond donors (Lipinski definition) is 1. The third-order valence-corrected chi connectivity index (χ3v) is 5.94. The van der Waals surface area contributed by atoms with E-state index in [2.05, 4.69) is 27.1 Å². The highest BCUT2D eigenvalue weighted by Crippen LogP contribution is 2.26. The molecule has 0 spiro atoms. The monoisotopic (exact) mass is 457 g/mol. The van der Waals surface area contributed by atoms with Crippen molar-refractivity contribution in [1.29, 1.82) is 0 Å². The number of carbonyl (C=O) groups excluding carboxylic acids is 1. The predicted molar refractivity (Wildman–Crippen MR) is 130 cm³/mol. The van der Waals surface area contributed by atoms with E-state index in [-0.39, 0.29) is 5.91 Å². The second-order valence-electron chi connectivity index (χ2n) is 7.11. The maximum atomic E-state index is 12.5. The highest BCUT2D eigenvalue weighted by atomic mass is 32.2. The van der Waals surface area contributed by atoms with Crippen LogP contribution in [-0.2, 0) is 12.3 Å². The van der Waals surface area contributed by atoms with Crippen molar-refractivity contribution in [3.63, 3.8) is 0 Å². The molecule has 0 unspecified atom stereocenters. The van der Waals surface area contributed by atoms with Crippen LogP contribution >= 0.6 is 11.8 Å². The summed E-state index contributed by atoms with van der Waals surface area (Å²) in [5.74, 6) is 2.07. The fourth-order valence-electron chi connectivity index (χ4n) is 3.18. The maximum absolute atomic E-state index is 12.5. The molecule has 2 heterocycles. The summed E-state index contributed by atoms with van der Waals surface area (Å²) in [4.78, 5) is 16.6. The van der Waals surface area contributed by atoms with Crippen LogP contribution in [0.2, 0.25) is 0 Å². The van der Waals surface area contributed by atoms with Crippen molar-refractivity contribution >= 4 is 23.4 Å². The molecule has 0 aliphatic rings. The number of nitrogens with zero attached hydrogens (tertiary/aromatic N) is 4. The van der Waals surface area contributed by atoms with E-state index in [4.69, 9.17) is 4.74 Å². The van der Waals surface area contributed by atoms with Gasteiger partial charge >= 0.3 is 0 Å². The summed E-state index contributed by atoms with van der Waals surface area (Å²) in [5.41, 5.74) is 3.35. The number of allylic oxidation sites excluding steroid dienone is 1. The fraction of sp³-hybridized carbons (Fsp3) is 0.120. The molecule has 7 nitrogen and oxygen atoms in total. The van der Waals surface area contributed by atoms with Crippen molar-refractivity contribution in [3.8, 4) is 17.1 Å². The average Bonchev–Trinajstić information content (AvgIpc) is 3.27. The summed E-state index contributed by atoms with van der Waals surface area (Å²) in [6.45, 7) is 4.46. The second kappa shape index (κ2) is 10.6. The van der Waals surface area contributed by atoms with Gasteiger partial charge in [0.1, 0.15) is 5.75 Å². The lowest BCUT2D eigenvalue weighted by Crippen LogP contribution is -2.11. The number of hydrogen-bond acceptors (Lipinski definition) is 6. The quantitative estimate of drug-likeness (QED) is 0.279. The largest absolute Gasteiger partial charge is 0.497 e. The molecule has 0 atom stereocenters. The number of nitrogens with one attached hydrogen (secondary N) is 1. The third kappa shape index (κ3) is 5.48. The Morgan fingerprint density at radius 2 is 1.79 bits per heavy atom. The highest BCUT2D eigenvalue weighted by molar-refractivity contribution is 7.98. The molecule has 2 aromatic heterocycles. The van der Waals surface area contributed by atoms with Crippen LogP contribution in [0.1, 0.15) is 15.9 Å². The van der Waals surface area contributed by atoms with Gasteiger partial charge in [-0.15, -0.1) is 16.8 Å². The lowest BCUT2D eigenvalue weighted by molar-refractivity contribution is 0.102. The van der Waals surface area contributed by atoms with Crippen LogP contribution in [-0.4, -0.2) is 32.8 Å². The molecule has 1 amide bonds. The Morgan fingerprint density at radius 3 is 2.45 bits per heavy atom. The first kappa shape index (κ1) is 22.3. The number of pyridine rings is 1. The Hall–Kier alpha value is -3.91. The zero-order chi connectivity index (χ0) is 23.0. The van der Waals surface area contributed by atoms with Gasteiger partial charge in [0.05, 0.1) is 7.11 Å². The minimum atomic E-state index is -0.160. The topological polar surface area (TPSA) is 81.9 Å². The number of carbonyl (C=O) groups is 1. The standard InChI is InChI=1S/C25H23N5O2S/c1-3-16-30-23(19-12-14-26-15-13-19)28-29-25(30)33-17-18-4-6-20(7-5-18)24(31)27-21-8-10-22(32-2)11-9-21/h3-15H,1,16-17H2,2H3,(H,27,31). The van der Waals surface area contributed by atoms with Gasteiger partial charge in [-0.25, -0.2) is 0 Å². The molecule has 166 valence electrons. The molecule has 0 radical (unpaired) electrons. The van der Waals surface area contributed by atoms with Crippen LogP contribution < -0.4 is 10.1 Å². The van der Waals surface area contributed by atoms with Crippen LogP contribution in [0.15, 0.2) is 90.9 Å². The Bertz CT molecular complexity index is 1220. The molecule has 8 heteroatoms. The van der Waals surface area contributed by atoms with Crippen molar-refractivity contribution in [2.24, 2.45) is 0 Å². The molecule has 2 aromatic carbocycles. The number of ether oxygens (including phenoxy) is 1. The zero-order valence-corrected chi connectivity index (χ0v) is 19.0. The van der Waals surface area contributed by atoms with Crippen LogP contribution in [0.25, 0.3) is 11.4 Å². The molecular weight excluding hydrogens is 434 g/mol. The zero-order valence-electron chi connectivity index (χ0n) is 18.1. The molecule has 0 aliphatic carbocycles. The molecule has 0 saturated heterocycles. The maximum Gasteiger partial charge on any atom is 0.255 e. The van der Waals surface area contributed by atoms with Crippen molar-refractivity contribution < 1.29 is 9.53 Å². The van der Waals surface area contributed by atoms with Crippen LogP contribution in [0.5, 0.6) is 5.75 Å². The third-order valence-electron chi connectivity index (χ3n) is 4.90. The summed E-state index contributed by atoms with van der Waals surface area (Å²) in [6.07, 6.45) is 5.30. The van der Waals surface area contributed by atoms with Gasteiger partial charge in [0.15, 0.2) is 11.0 Å². The molecule has 0 saturated carbocycles. The molecule has 0 aliphatic heterocycles. The summed E-state index contributed by atoms with van der Waals surface area (Å²) in [5, 5.41) is 12.4. The number of thioether (sulfide) groups is 1. The Balaban J connectivity index is 1.40.